The Bertz CT molecular complexity index is 494. The van der Waals surface area contributed by atoms with Crippen molar-refractivity contribution in [3.8, 4) is 5.75 Å². The van der Waals surface area contributed by atoms with E-state index in [4.69, 9.17) is 4.74 Å². The highest BCUT2D eigenvalue weighted by Gasteiger charge is 1.98. The molecule has 0 heterocycles. The van der Waals surface area contributed by atoms with E-state index in [1.807, 2.05) is 36.4 Å². The molecule has 0 saturated carbocycles. The van der Waals surface area contributed by atoms with Crippen LogP contribution in [-0.4, -0.2) is 7.11 Å². The summed E-state index contributed by atoms with van der Waals surface area (Å²) in [6.07, 6.45) is 0. The van der Waals surface area contributed by atoms with Gasteiger partial charge in [0.05, 0.1) is 7.11 Å². The Kier molecular flexibility index (Phi) is 3.77. The summed E-state index contributed by atoms with van der Waals surface area (Å²) in [7, 11) is 1.65. The van der Waals surface area contributed by atoms with Crippen molar-refractivity contribution in [3.05, 3.63) is 53.4 Å². The molecular formula is C13H11NO2S. The number of rotatable bonds is 4. The topological polar surface area (TPSA) is 38.7 Å². The van der Waals surface area contributed by atoms with Gasteiger partial charge < -0.3 is 4.74 Å². The fourth-order valence-electron chi connectivity index (χ4n) is 1.35. The summed E-state index contributed by atoms with van der Waals surface area (Å²) in [5, 5.41) is 2.87. The molecule has 86 valence electrons. The van der Waals surface area contributed by atoms with E-state index in [0.717, 1.165) is 15.5 Å². The molecule has 0 fully saturated rings. The minimum atomic E-state index is 0.448. The number of benzene rings is 2. The first kappa shape index (κ1) is 11.7. The molecule has 0 N–H and O–H groups in total. The summed E-state index contributed by atoms with van der Waals surface area (Å²) in [4.78, 5) is 12.5. The maximum absolute atomic E-state index is 10.3. The van der Waals surface area contributed by atoms with Crippen LogP contribution in [0.3, 0.4) is 0 Å². The first-order valence-electron chi connectivity index (χ1n) is 5.07. The van der Waals surface area contributed by atoms with Crippen molar-refractivity contribution in [2.75, 3.05) is 7.11 Å². The van der Waals surface area contributed by atoms with Gasteiger partial charge in [0.25, 0.3) is 0 Å². The zero-order chi connectivity index (χ0) is 12.1. The first-order chi connectivity index (χ1) is 8.31. The van der Waals surface area contributed by atoms with Crippen molar-refractivity contribution in [2.45, 2.75) is 9.79 Å². The highest BCUT2D eigenvalue weighted by atomic mass is 32.2. The van der Waals surface area contributed by atoms with E-state index in [0.29, 0.717) is 5.69 Å². The zero-order valence-corrected chi connectivity index (χ0v) is 10.1. The van der Waals surface area contributed by atoms with E-state index in [1.54, 1.807) is 31.0 Å². The summed E-state index contributed by atoms with van der Waals surface area (Å²) in [6.45, 7) is 0. The largest absolute Gasteiger partial charge is 0.497 e. The molecule has 0 atom stereocenters. The SMILES string of the molecule is COc1ccc(Sc2ccc(N=O)cc2)cc1. The Morgan fingerprint density at radius 1 is 0.941 bits per heavy atom. The number of hydrogen-bond donors (Lipinski definition) is 0. The van der Waals surface area contributed by atoms with Crippen LogP contribution in [0.5, 0.6) is 5.75 Å². The monoisotopic (exact) mass is 245 g/mol. The normalized spacial score (nSPS) is 9.94. The van der Waals surface area contributed by atoms with Gasteiger partial charge in [-0.25, -0.2) is 0 Å². The zero-order valence-electron chi connectivity index (χ0n) is 9.29. The van der Waals surface area contributed by atoms with Crippen LogP contribution in [0.2, 0.25) is 0 Å². The Morgan fingerprint density at radius 2 is 1.47 bits per heavy atom. The van der Waals surface area contributed by atoms with E-state index in [2.05, 4.69) is 5.18 Å². The minimum absolute atomic E-state index is 0.448. The number of nitrogens with zero attached hydrogens (tertiary/aromatic N) is 1. The summed E-state index contributed by atoms with van der Waals surface area (Å²) < 4.78 is 5.09. The summed E-state index contributed by atoms with van der Waals surface area (Å²) >= 11 is 1.63. The lowest BCUT2D eigenvalue weighted by Crippen LogP contribution is -1.81. The average Bonchev–Trinajstić information content (AvgIpc) is 2.40. The molecule has 0 bridgehead atoms. The number of nitroso groups, excluding NO2 is 1. The lowest BCUT2D eigenvalue weighted by Gasteiger charge is -2.03. The fraction of sp³-hybridized carbons (Fsp3) is 0.0769. The van der Waals surface area contributed by atoms with Crippen molar-refractivity contribution in [3.63, 3.8) is 0 Å². The van der Waals surface area contributed by atoms with Crippen LogP contribution in [0.4, 0.5) is 5.69 Å². The van der Waals surface area contributed by atoms with Gasteiger partial charge in [-0.15, -0.1) is 4.91 Å². The second-order valence-electron chi connectivity index (χ2n) is 3.36. The average molecular weight is 245 g/mol. The molecule has 3 nitrogen and oxygen atoms in total. The Morgan fingerprint density at radius 3 is 1.94 bits per heavy atom. The van der Waals surface area contributed by atoms with Gasteiger partial charge in [0.1, 0.15) is 11.4 Å². The van der Waals surface area contributed by atoms with Crippen LogP contribution >= 0.6 is 11.8 Å². The highest BCUT2D eigenvalue weighted by molar-refractivity contribution is 7.99. The molecular weight excluding hydrogens is 234 g/mol. The quantitative estimate of drug-likeness (QED) is 0.756. The number of methoxy groups -OCH3 is 1. The van der Waals surface area contributed by atoms with E-state index < -0.39 is 0 Å². The smallest absolute Gasteiger partial charge is 0.118 e. The highest BCUT2D eigenvalue weighted by Crippen LogP contribution is 2.30. The fourth-order valence-corrected chi connectivity index (χ4v) is 2.17. The van der Waals surface area contributed by atoms with Crippen molar-refractivity contribution in [2.24, 2.45) is 5.18 Å². The summed E-state index contributed by atoms with van der Waals surface area (Å²) in [5.74, 6) is 0.842. The molecule has 0 saturated heterocycles. The van der Waals surface area contributed by atoms with Crippen LogP contribution in [0.15, 0.2) is 63.5 Å². The predicted molar refractivity (Wildman–Crippen MR) is 69.0 cm³/mol. The van der Waals surface area contributed by atoms with Gasteiger partial charge in [0.15, 0.2) is 0 Å². The molecule has 0 radical (unpaired) electrons. The standard InChI is InChI=1S/C13H11NO2S/c1-16-11-4-8-13(9-5-11)17-12-6-2-10(14-15)3-7-12/h2-9H,1H3. The van der Waals surface area contributed by atoms with Gasteiger partial charge in [-0.1, -0.05) is 11.8 Å². The molecule has 0 amide bonds. The summed E-state index contributed by atoms with van der Waals surface area (Å²) in [6, 6.07) is 15.0. The predicted octanol–water partition coefficient (Wildman–Crippen LogP) is 4.24. The summed E-state index contributed by atoms with van der Waals surface area (Å²) in [5.41, 5.74) is 0.448. The molecule has 2 aromatic rings. The molecule has 2 aromatic carbocycles. The lowest BCUT2D eigenvalue weighted by molar-refractivity contribution is 0.414. The molecule has 2 rings (SSSR count). The Hall–Kier alpha value is -1.81. The van der Waals surface area contributed by atoms with Gasteiger partial charge in [0.2, 0.25) is 0 Å². The molecule has 0 aliphatic rings. The second kappa shape index (κ2) is 5.50. The minimum Gasteiger partial charge on any atom is -0.497 e. The first-order valence-corrected chi connectivity index (χ1v) is 5.89. The maximum Gasteiger partial charge on any atom is 0.118 e. The number of hydrogen-bond acceptors (Lipinski definition) is 4. The van der Waals surface area contributed by atoms with Crippen molar-refractivity contribution in [1.29, 1.82) is 0 Å². The van der Waals surface area contributed by atoms with E-state index in [-0.39, 0.29) is 0 Å². The maximum atomic E-state index is 10.3. The third-order valence-corrected chi connectivity index (χ3v) is 3.25. The molecule has 17 heavy (non-hydrogen) atoms. The molecule has 4 heteroatoms. The van der Waals surface area contributed by atoms with Crippen molar-refractivity contribution in [1.82, 2.24) is 0 Å². The van der Waals surface area contributed by atoms with Crippen LogP contribution in [0.25, 0.3) is 0 Å². The van der Waals surface area contributed by atoms with E-state index in [9.17, 15) is 4.91 Å². The Labute approximate surface area is 104 Å². The molecule has 0 aromatic heterocycles. The van der Waals surface area contributed by atoms with Gasteiger partial charge in [-0.3, -0.25) is 0 Å². The molecule has 0 unspecified atom stereocenters. The van der Waals surface area contributed by atoms with Crippen molar-refractivity contribution < 1.29 is 4.74 Å². The van der Waals surface area contributed by atoms with Gasteiger partial charge in [0, 0.05) is 9.79 Å². The number of ether oxygens (including phenoxy) is 1. The lowest BCUT2D eigenvalue weighted by atomic mass is 10.3. The van der Waals surface area contributed by atoms with Crippen LogP contribution in [0, 0.1) is 4.91 Å². The van der Waals surface area contributed by atoms with Gasteiger partial charge >= 0.3 is 0 Å². The van der Waals surface area contributed by atoms with E-state index in [1.165, 1.54) is 0 Å². The van der Waals surface area contributed by atoms with Crippen LogP contribution in [0.1, 0.15) is 0 Å². The molecule has 0 aliphatic carbocycles. The molecule has 0 aliphatic heterocycles. The van der Waals surface area contributed by atoms with Crippen molar-refractivity contribution >= 4 is 17.4 Å². The van der Waals surface area contributed by atoms with Crippen LogP contribution < -0.4 is 4.74 Å². The van der Waals surface area contributed by atoms with E-state index >= 15 is 0 Å². The van der Waals surface area contributed by atoms with Gasteiger partial charge in [-0.2, -0.15) is 0 Å². The van der Waals surface area contributed by atoms with Gasteiger partial charge in [-0.05, 0) is 53.7 Å². The third-order valence-electron chi connectivity index (χ3n) is 2.24. The third kappa shape index (κ3) is 3.07. The van der Waals surface area contributed by atoms with Crippen LogP contribution in [-0.2, 0) is 0 Å². The molecule has 0 spiro atoms. The second-order valence-corrected chi connectivity index (χ2v) is 4.51. The Balaban J connectivity index is 2.10.